The van der Waals surface area contributed by atoms with E-state index in [4.69, 9.17) is 4.74 Å². The first-order valence-electron chi connectivity index (χ1n) is 9.49. The maximum atomic E-state index is 11.9. The summed E-state index contributed by atoms with van der Waals surface area (Å²) in [4.78, 5) is 11.9. The van der Waals surface area contributed by atoms with Crippen LogP contribution in [0.3, 0.4) is 0 Å². The van der Waals surface area contributed by atoms with Crippen molar-refractivity contribution in [3.63, 3.8) is 0 Å². The second kappa shape index (κ2) is 11.3. The summed E-state index contributed by atoms with van der Waals surface area (Å²) in [6, 6.07) is 6.11. The van der Waals surface area contributed by atoms with Crippen molar-refractivity contribution in [1.29, 1.82) is 0 Å². The van der Waals surface area contributed by atoms with Gasteiger partial charge in [0.2, 0.25) is 0 Å². The Bertz CT molecular complexity index is 756. The molecule has 142 valence electrons. The van der Waals surface area contributed by atoms with E-state index in [1.54, 1.807) is 14.0 Å². The van der Waals surface area contributed by atoms with Crippen molar-refractivity contribution in [3.05, 3.63) is 53.8 Å². The summed E-state index contributed by atoms with van der Waals surface area (Å²) in [6.45, 7) is 10.7. The number of carbonyl (C=O) groups is 1. The summed E-state index contributed by atoms with van der Waals surface area (Å²) < 4.78 is 7.57. The Kier molecular flexibility index (Phi) is 9.50. The van der Waals surface area contributed by atoms with Crippen LogP contribution in [0.15, 0.2) is 42.5 Å². The van der Waals surface area contributed by atoms with Gasteiger partial charge in [0.1, 0.15) is 5.75 Å². The third kappa shape index (κ3) is 5.35. The molecular weight excluding hydrogens is 322 g/mol. The van der Waals surface area contributed by atoms with Gasteiger partial charge in [-0.25, -0.2) is 0 Å². The number of aryl methyl sites for hydroxylation is 2. The summed E-state index contributed by atoms with van der Waals surface area (Å²) in [5.74, 6) is 0.946. The minimum atomic E-state index is 0.103. The lowest BCUT2D eigenvalue weighted by molar-refractivity contribution is 0.100. The second-order valence-electron chi connectivity index (χ2n) is 6.17. The number of hydrogen-bond acceptors (Lipinski definition) is 2. The van der Waals surface area contributed by atoms with Gasteiger partial charge in [-0.3, -0.25) is 4.79 Å². The van der Waals surface area contributed by atoms with Crippen LogP contribution in [0.1, 0.15) is 63.5 Å². The van der Waals surface area contributed by atoms with Gasteiger partial charge >= 0.3 is 0 Å². The number of ketones is 1. The zero-order chi connectivity index (χ0) is 19.5. The highest BCUT2D eigenvalue weighted by atomic mass is 16.5. The van der Waals surface area contributed by atoms with Crippen molar-refractivity contribution in [3.8, 4) is 5.75 Å². The third-order valence-electron chi connectivity index (χ3n) is 4.29. The van der Waals surface area contributed by atoms with Gasteiger partial charge in [-0.2, -0.15) is 0 Å². The van der Waals surface area contributed by atoms with Crippen LogP contribution in [-0.2, 0) is 13.0 Å². The number of benzene rings is 1. The normalized spacial score (nSPS) is 11.2. The molecule has 26 heavy (non-hydrogen) atoms. The number of allylic oxidation sites excluding steroid dienone is 4. The first kappa shape index (κ1) is 21.8. The quantitative estimate of drug-likeness (QED) is 0.428. The van der Waals surface area contributed by atoms with Gasteiger partial charge < -0.3 is 9.30 Å². The molecule has 1 aromatic carbocycles. The van der Waals surface area contributed by atoms with Crippen LogP contribution in [-0.4, -0.2) is 17.5 Å². The fraction of sp³-hybridized carbons (Fsp3) is 0.435. The molecule has 0 fully saturated rings. The van der Waals surface area contributed by atoms with Crippen molar-refractivity contribution >= 4 is 16.7 Å². The molecule has 2 rings (SSSR count). The second-order valence-corrected chi connectivity index (χ2v) is 6.17. The maximum absolute atomic E-state index is 11.9. The molecule has 0 aliphatic heterocycles. The van der Waals surface area contributed by atoms with Crippen molar-refractivity contribution < 1.29 is 9.53 Å². The van der Waals surface area contributed by atoms with Gasteiger partial charge in [0.05, 0.1) is 18.3 Å². The monoisotopic (exact) mass is 355 g/mol. The fourth-order valence-corrected chi connectivity index (χ4v) is 3.02. The van der Waals surface area contributed by atoms with Crippen molar-refractivity contribution in [2.24, 2.45) is 0 Å². The Labute approximate surface area is 158 Å². The number of fused-ring (bicyclic) bond motifs is 1. The van der Waals surface area contributed by atoms with E-state index >= 15 is 0 Å². The third-order valence-corrected chi connectivity index (χ3v) is 4.29. The van der Waals surface area contributed by atoms with Gasteiger partial charge in [-0.1, -0.05) is 43.7 Å². The number of Topliss-reactive ketones (excluding diaryl/α,β-unsaturated/α-hetero) is 1. The summed E-state index contributed by atoms with van der Waals surface area (Å²) in [6.07, 6.45) is 11.4. The molecule has 0 aliphatic carbocycles. The number of carbonyl (C=O) groups excluding carboxylic acids is 1. The average molecular weight is 356 g/mol. The fourth-order valence-electron chi connectivity index (χ4n) is 3.02. The number of hydrogen-bond donors (Lipinski definition) is 0. The van der Waals surface area contributed by atoms with Crippen LogP contribution in [0.5, 0.6) is 5.75 Å². The van der Waals surface area contributed by atoms with Gasteiger partial charge in [0.25, 0.3) is 0 Å². The van der Waals surface area contributed by atoms with Crippen LogP contribution in [0.2, 0.25) is 0 Å². The molecule has 1 heterocycles. The first-order chi connectivity index (χ1) is 12.5. The summed E-state index contributed by atoms with van der Waals surface area (Å²) in [5.41, 5.74) is 3.23. The molecule has 0 saturated carbocycles. The van der Waals surface area contributed by atoms with Gasteiger partial charge in [0.15, 0.2) is 5.78 Å². The molecule has 0 aliphatic rings. The molecule has 3 nitrogen and oxygen atoms in total. The predicted octanol–water partition coefficient (Wildman–Crippen LogP) is 6.35. The van der Waals surface area contributed by atoms with Crippen LogP contribution in [0.4, 0.5) is 0 Å². The summed E-state index contributed by atoms with van der Waals surface area (Å²) in [7, 11) is 1.68. The standard InChI is InChI=1S/C17H23NO2.C6H10/c1-5-7-8-13-9-10-16(20-4)14-11-15(12(3)19)18(6-2)17(13)14;1-3-5-6-4-2/h9-11H,5-8H2,1-4H3;3-6H,1-2H3/b;5-3-,6-4-. The number of rotatable bonds is 7. The van der Waals surface area contributed by atoms with E-state index in [2.05, 4.69) is 24.5 Å². The zero-order valence-corrected chi connectivity index (χ0v) is 17.1. The number of unbranched alkanes of at least 4 members (excludes halogenated alkanes) is 1. The Morgan fingerprint density at radius 3 is 2.27 bits per heavy atom. The molecule has 0 unspecified atom stereocenters. The molecule has 0 atom stereocenters. The van der Waals surface area contributed by atoms with E-state index < -0.39 is 0 Å². The summed E-state index contributed by atoms with van der Waals surface area (Å²) >= 11 is 0. The van der Waals surface area contributed by atoms with E-state index in [0.29, 0.717) is 0 Å². The molecule has 0 saturated heterocycles. The van der Waals surface area contributed by atoms with E-state index in [9.17, 15) is 4.79 Å². The number of nitrogens with zero attached hydrogens (tertiary/aromatic N) is 1. The molecule has 0 radical (unpaired) electrons. The zero-order valence-electron chi connectivity index (χ0n) is 17.1. The topological polar surface area (TPSA) is 31.2 Å². The maximum Gasteiger partial charge on any atom is 0.176 e. The first-order valence-corrected chi connectivity index (χ1v) is 9.49. The van der Waals surface area contributed by atoms with Gasteiger partial charge in [-0.15, -0.1) is 0 Å². The Hall–Kier alpha value is -2.29. The molecule has 0 N–H and O–H groups in total. The lowest BCUT2D eigenvalue weighted by Crippen LogP contribution is -2.05. The van der Waals surface area contributed by atoms with Crippen LogP contribution < -0.4 is 4.74 Å². The Morgan fingerprint density at radius 1 is 1.15 bits per heavy atom. The number of ether oxygens (including phenoxy) is 1. The molecule has 0 amide bonds. The average Bonchev–Trinajstić information content (AvgIpc) is 3.05. The molecule has 0 bridgehead atoms. The molecular formula is C23H33NO2. The Balaban J connectivity index is 0.000000487. The predicted molar refractivity (Wildman–Crippen MR) is 112 cm³/mol. The minimum absolute atomic E-state index is 0.103. The summed E-state index contributed by atoms with van der Waals surface area (Å²) in [5, 5.41) is 1.05. The number of methoxy groups -OCH3 is 1. The van der Waals surface area contributed by atoms with Gasteiger partial charge in [0, 0.05) is 18.9 Å². The molecule has 1 aromatic heterocycles. The molecule has 2 aromatic rings. The molecule has 3 heteroatoms. The lowest BCUT2D eigenvalue weighted by Gasteiger charge is -2.11. The van der Waals surface area contributed by atoms with E-state index in [1.807, 2.05) is 50.3 Å². The van der Waals surface area contributed by atoms with E-state index in [0.717, 1.165) is 41.7 Å². The van der Waals surface area contributed by atoms with Crippen molar-refractivity contribution in [2.75, 3.05) is 7.11 Å². The Morgan fingerprint density at radius 2 is 1.81 bits per heavy atom. The highest BCUT2D eigenvalue weighted by Crippen LogP contribution is 2.32. The van der Waals surface area contributed by atoms with Crippen LogP contribution >= 0.6 is 0 Å². The lowest BCUT2D eigenvalue weighted by atomic mass is 10.0. The number of aromatic nitrogens is 1. The highest BCUT2D eigenvalue weighted by molar-refractivity contribution is 6.01. The largest absolute Gasteiger partial charge is 0.496 e. The highest BCUT2D eigenvalue weighted by Gasteiger charge is 2.17. The smallest absolute Gasteiger partial charge is 0.176 e. The van der Waals surface area contributed by atoms with Gasteiger partial charge in [-0.05, 0) is 51.3 Å². The van der Waals surface area contributed by atoms with Crippen molar-refractivity contribution in [1.82, 2.24) is 4.57 Å². The van der Waals surface area contributed by atoms with E-state index in [-0.39, 0.29) is 5.78 Å². The van der Waals surface area contributed by atoms with Crippen LogP contribution in [0.25, 0.3) is 10.9 Å². The van der Waals surface area contributed by atoms with Crippen molar-refractivity contribution in [2.45, 2.75) is 60.4 Å². The molecule has 0 spiro atoms. The van der Waals surface area contributed by atoms with Crippen LogP contribution in [0, 0.1) is 0 Å². The SMILES string of the molecule is C/C=C\C=C/C.CCCCc1ccc(OC)c2cc(C(C)=O)n(CC)c12. The van der Waals surface area contributed by atoms with E-state index in [1.165, 1.54) is 12.0 Å². The minimum Gasteiger partial charge on any atom is -0.496 e.